The topological polar surface area (TPSA) is 114 Å². The number of hydrogen-bond acceptors (Lipinski definition) is 5. The third-order valence-electron chi connectivity index (χ3n) is 5.68. The number of nitrogens with zero attached hydrogens (tertiary/aromatic N) is 3. The van der Waals surface area contributed by atoms with Crippen molar-refractivity contribution < 1.29 is 23.5 Å². The van der Waals surface area contributed by atoms with Crippen LogP contribution in [0.1, 0.15) is 21.5 Å². The Kier molecular flexibility index (Phi) is 6.37. The molecule has 2 heterocycles. The van der Waals surface area contributed by atoms with Crippen molar-refractivity contribution >= 4 is 22.6 Å². The van der Waals surface area contributed by atoms with Crippen molar-refractivity contribution in [3.63, 3.8) is 0 Å². The number of carboxylic acid groups (broad SMARTS) is 1. The third-order valence-corrected chi connectivity index (χ3v) is 5.68. The van der Waals surface area contributed by atoms with Gasteiger partial charge < -0.3 is 10.4 Å². The number of nitrogens with one attached hydrogen (secondary N) is 1. The molecule has 0 aliphatic carbocycles. The monoisotopic (exact) mass is 478 g/mol. The number of aromatic nitrogens is 3. The number of benzene rings is 2. The number of hydrogen-bond donors (Lipinski definition) is 2. The number of carbonyl (C=O) groups excluding carboxylic acids is 1. The van der Waals surface area contributed by atoms with Gasteiger partial charge >= 0.3 is 5.97 Å². The molecule has 0 bridgehead atoms. The maximum atomic E-state index is 14.0. The largest absolute Gasteiger partial charge is 0.480 e. The summed E-state index contributed by atoms with van der Waals surface area (Å²) < 4.78 is 29.2. The minimum Gasteiger partial charge on any atom is -0.480 e. The van der Waals surface area contributed by atoms with Crippen LogP contribution in [0.25, 0.3) is 22.0 Å². The molecule has 0 spiro atoms. The Bertz CT molecular complexity index is 1510. The minimum atomic E-state index is -1.47. The lowest BCUT2D eigenvalue weighted by Crippen LogP contribution is -2.43. The number of rotatable bonds is 6. The Balaban J connectivity index is 1.74. The Morgan fingerprint density at radius 3 is 2.46 bits per heavy atom. The Labute approximate surface area is 197 Å². The molecule has 35 heavy (non-hydrogen) atoms. The zero-order chi connectivity index (χ0) is 25.3. The molecule has 4 rings (SSSR count). The van der Waals surface area contributed by atoms with Gasteiger partial charge in [0.2, 0.25) is 0 Å². The Morgan fingerprint density at radius 2 is 1.77 bits per heavy atom. The van der Waals surface area contributed by atoms with Gasteiger partial charge in [0, 0.05) is 25.1 Å². The van der Waals surface area contributed by atoms with Gasteiger partial charge in [-0.05, 0) is 41.6 Å². The molecule has 2 N–H and O–H groups in total. The SMILES string of the molecule is Cc1cnn(C)c(=O)c1-c1nccc2c(C[C@H](NC(=O)c3c(F)cccc3F)C(=O)O)cccc12. The quantitative estimate of drug-likeness (QED) is 0.440. The first-order valence-corrected chi connectivity index (χ1v) is 10.6. The molecule has 0 aliphatic heterocycles. The zero-order valence-corrected chi connectivity index (χ0v) is 18.8. The van der Waals surface area contributed by atoms with Crippen molar-refractivity contribution in [2.24, 2.45) is 7.05 Å². The fraction of sp³-hybridized carbons (Fsp3) is 0.160. The van der Waals surface area contributed by atoms with E-state index in [2.05, 4.69) is 15.4 Å². The molecule has 1 amide bonds. The van der Waals surface area contributed by atoms with E-state index in [9.17, 15) is 28.3 Å². The molecule has 0 saturated carbocycles. The van der Waals surface area contributed by atoms with Gasteiger partial charge in [0.15, 0.2) is 0 Å². The standard InChI is InChI=1S/C25H20F2N4O4/c1-13-12-29-31(2)24(33)20(13)22-16-6-3-5-14(15(16)9-10-28-22)11-19(25(34)35)30-23(32)21-17(26)7-4-8-18(21)27/h3-10,12,19H,11H2,1-2H3,(H,30,32)(H,34,35)/t19-/m0/s1. The number of amides is 1. The van der Waals surface area contributed by atoms with E-state index in [4.69, 9.17) is 0 Å². The van der Waals surface area contributed by atoms with E-state index in [0.717, 1.165) is 18.2 Å². The van der Waals surface area contributed by atoms with Gasteiger partial charge in [0.25, 0.3) is 11.5 Å². The molecule has 0 saturated heterocycles. The maximum absolute atomic E-state index is 14.0. The lowest BCUT2D eigenvalue weighted by atomic mass is 9.96. The number of aliphatic carboxylic acids is 1. The Morgan fingerprint density at radius 1 is 1.09 bits per heavy atom. The Hall–Kier alpha value is -4.47. The van der Waals surface area contributed by atoms with Crippen LogP contribution in [0.2, 0.25) is 0 Å². The van der Waals surface area contributed by atoms with Crippen LogP contribution in [0.3, 0.4) is 0 Å². The summed E-state index contributed by atoms with van der Waals surface area (Å²) in [5.41, 5.74) is 0.750. The number of pyridine rings is 1. The van der Waals surface area contributed by atoms with E-state index in [1.165, 1.54) is 17.9 Å². The molecule has 4 aromatic rings. The minimum absolute atomic E-state index is 0.175. The number of carboxylic acids is 1. The normalized spacial score (nSPS) is 11.9. The van der Waals surface area contributed by atoms with Crippen molar-refractivity contribution in [2.45, 2.75) is 19.4 Å². The van der Waals surface area contributed by atoms with Crippen molar-refractivity contribution in [1.29, 1.82) is 0 Å². The van der Waals surface area contributed by atoms with Gasteiger partial charge in [-0.25, -0.2) is 18.3 Å². The summed E-state index contributed by atoms with van der Waals surface area (Å²) in [5, 5.41) is 17.1. The molecule has 0 aliphatic rings. The summed E-state index contributed by atoms with van der Waals surface area (Å²) in [5.74, 6) is -4.74. The van der Waals surface area contributed by atoms with Crippen LogP contribution in [0.5, 0.6) is 0 Å². The van der Waals surface area contributed by atoms with Crippen LogP contribution in [-0.2, 0) is 18.3 Å². The molecule has 0 radical (unpaired) electrons. The van der Waals surface area contributed by atoms with E-state index in [1.807, 2.05) is 0 Å². The van der Waals surface area contributed by atoms with Crippen LogP contribution in [0.4, 0.5) is 8.78 Å². The van der Waals surface area contributed by atoms with Gasteiger partial charge in [0.1, 0.15) is 23.2 Å². The molecule has 178 valence electrons. The first-order valence-electron chi connectivity index (χ1n) is 10.6. The van der Waals surface area contributed by atoms with Gasteiger partial charge in [0.05, 0.1) is 17.5 Å². The van der Waals surface area contributed by atoms with E-state index in [0.29, 0.717) is 33.2 Å². The number of carbonyl (C=O) groups is 2. The van der Waals surface area contributed by atoms with Crippen molar-refractivity contribution in [2.75, 3.05) is 0 Å². The highest BCUT2D eigenvalue weighted by Gasteiger charge is 2.26. The average molecular weight is 478 g/mol. The summed E-state index contributed by atoms with van der Waals surface area (Å²) in [6, 6.07) is 8.25. The summed E-state index contributed by atoms with van der Waals surface area (Å²) >= 11 is 0. The lowest BCUT2D eigenvalue weighted by molar-refractivity contribution is -0.139. The van der Waals surface area contributed by atoms with Crippen LogP contribution < -0.4 is 10.9 Å². The van der Waals surface area contributed by atoms with E-state index >= 15 is 0 Å². The van der Waals surface area contributed by atoms with Crippen LogP contribution in [0, 0.1) is 18.6 Å². The van der Waals surface area contributed by atoms with E-state index < -0.39 is 35.1 Å². The highest BCUT2D eigenvalue weighted by Crippen LogP contribution is 2.29. The molecule has 1 atom stereocenters. The first-order chi connectivity index (χ1) is 16.7. The zero-order valence-electron chi connectivity index (χ0n) is 18.8. The molecule has 0 fully saturated rings. The first kappa shape index (κ1) is 23.7. The molecule has 2 aromatic carbocycles. The predicted molar refractivity (Wildman–Crippen MR) is 124 cm³/mol. The molecule has 8 nitrogen and oxygen atoms in total. The van der Waals surface area contributed by atoms with Gasteiger partial charge in [-0.15, -0.1) is 0 Å². The summed E-state index contributed by atoms with van der Waals surface area (Å²) in [6.45, 7) is 1.74. The third kappa shape index (κ3) is 4.50. The van der Waals surface area contributed by atoms with E-state index in [1.54, 1.807) is 37.4 Å². The fourth-order valence-electron chi connectivity index (χ4n) is 3.92. The second-order valence-corrected chi connectivity index (χ2v) is 7.97. The molecular weight excluding hydrogens is 458 g/mol. The van der Waals surface area contributed by atoms with Crippen LogP contribution >= 0.6 is 0 Å². The molecule has 2 aromatic heterocycles. The van der Waals surface area contributed by atoms with Crippen LogP contribution in [-0.4, -0.2) is 37.8 Å². The predicted octanol–water partition coefficient (Wildman–Crippen LogP) is 3.01. The second kappa shape index (κ2) is 9.41. The van der Waals surface area contributed by atoms with Crippen molar-refractivity contribution in [3.8, 4) is 11.3 Å². The molecule has 0 unspecified atom stereocenters. The summed E-state index contributed by atoms with van der Waals surface area (Å²) in [7, 11) is 1.53. The number of fused-ring (bicyclic) bond motifs is 1. The number of halogens is 2. The average Bonchev–Trinajstić information content (AvgIpc) is 2.81. The highest BCUT2D eigenvalue weighted by atomic mass is 19.1. The van der Waals surface area contributed by atoms with Gasteiger partial charge in [-0.3, -0.25) is 14.6 Å². The van der Waals surface area contributed by atoms with Gasteiger partial charge in [-0.1, -0.05) is 24.3 Å². The fourth-order valence-corrected chi connectivity index (χ4v) is 3.92. The van der Waals surface area contributed by atoms with Crippen molar-refractivity contribution in [1.82, 2.24) is 20.1 Å². The molecule has 10 heteroatoms. The number of aryl methyl sites for hydroxylation is 2. The summed E-state index contributed by atoms with van der Waals surface area (Å²) in [4.78, 5) is 41.6. The van der Waals surface area contributed by atoms with Crippen molar-refractivity contribution in [3.05, 3.63) is 93.5 Å². The summed E-state index contributed by atoms with van der Waals surface area (Å²) in [6.07, 6.45) is 2.88. The highest BCUT2D eigenvalue weighted by molar-refractivity contribution is 5.98. The van der Waals surface area contributed by atoms with Crippen LogP contribution in [0.15, 0.2) is 59.7 Å². The smallest absolute Gasteiger partial charge is 0.326 e. The second-order valence-electron chi connectivity index (χ2n) is 7.97. The molecular formula is C25H20F2N4O4. The maximum Gasteiger partial charge on any atom is 0.326 e. The van der Waals surface area contributed by atoms with E-state index in [-0.39, 0.29) is 12.0 Å². The lowest BCUT2D eigenvalue weighted by Gasteiger charge is -2.17. The van der Waals surface area contributed by atoms with Gasteiger partial charge in [-0.2, -0.15) is 5.10 Å².